The maximum Gasteiger partial charge on any atom is 0.241 e. The van der Waals surface area contributed by atoms with Crippen LogP contribution in [0.4, 0.5) is 0 Å². The van der Waals surface area contributed by atoms with Crippen molar-refractivity contribution in [3.8, 4) is 11.5 Å². The zero-order valence-electron chi connectivity index (χ0n) is 18.3. The molecule has 0 radical (unpaired) electrons. The van der Waals surface area contributed by atoms with E-state index >= 15 is 0 Å². The molecule has 3 aromatic carbocycles. The number of fused-ring (bicyclic) bond motifs is 1. The highest BCUT2D eigenvalue weighted by molar-refractivity contribution is 7.89. The van der Waals surface area contributed by atoms with Crippen LogP contribution < -0.4 is 14.2 Å². The van der Waals surface area contributed by atoms with Gasteiger partial charge in [0.05, 0.1) is 19.1 Å². The summed E-state index contributed by atoms with van der Waals surface area (Å²) in [6, 6.07) is 14.3. The Bertz CT molecular complexity index is 1170. The van der Waals surface area contributed by atoms with E-state index in [1.54, 1.807) is 32.4 Å². The zero-order chi connectivity index (χ0) is 22.1. The Hall–Kier alpha value is -2.57. The van der Waals surface area contributed by atoms with Crippen molar-refractivity contribution in [3.63, 3.8) is 0 Å². The SMILES string of the molecule is COc1ccc2cc(S(=O)(=O)NC(C)c3cc(C(C)C)c(OC)cc3C)ccc2c1. The maximum atomic E-state index is 13.1. The Morgan fingerprint density at radius 2 is 1.50 bits per heavy atom. The van der Waals surface area contributed by atoms with Gasteiger partial charge in [-0.25, -0.2) is 13.1 Å². The fourth-order valence-electron chi connectivity index (χ4n) is 3.67. The number of benzene rings is 3. The average molecular weight is 428 g/mol. The molecular weight excluding hydrogens is 398 g/mol. The zero-order valence-corrected chi connectivity index (χ0v) is 19.1. The molecule has 0 saturated carbocycles. The molecule has 5 nitrogen and oxygen atoms in total. The van der Waals surface area contributed by atoms with Gasteiger partial charge < -0.3 is 9.47 Å². The van der Waals surface area contributed by atoms with Gasteiger partial charge in [0, 0.05) is 6.04 Å². The topological polar surface area (TPSA) is 64.6 Å². The fourth-order valence-corrected chi connectivity index (χ4v) is 4.93. The van der Waals surface area contributed by atoms with Crippen LogP contribution in [0.3, 0.4) is 0 Å². The van der Waals surface area contributed by atoms with Crippen molar-refractivity contribution in [2.24, 2.45) is 0 Å². The highest BCUT2D eigenvalue weighted by atomic mass is 32.2. The van der Waals surface area contributed by atoms with E-state index in [-0.39, 0.29) is 16.9 Å². The second-order valence-corrected chi connectivity index (χ2v) is 9.54. The van der Waals surface area contributed by atoms with E-state index in [1.165, 1.54) is 0 Å². The fraction of sp³-hybridized carbons (Fsp3) is 0.333. The lowest BCUT2D eigenvalue weighted by atomic mass is 9.94. The minimum absolute atomic E-state index is 0.238. The summed E-state index contributed by atoms with van der Waals surface area (Å²) in [6.07, 6.45) is 0. The van der Waals surface area contributed by atoms with Crippen LogP contribution in [0.5, 0.6) is 11.5 Å². The molecule has 3 rings (SSSR count). The summed E-state index contributed by atoms with van der Waals surface area (Å²) in [5, 5.41) is 1.77. The van der Waals surface area contributed by atoms with Crippen molar-refractivity contribution in [2.75, 3.05) is 14.2 Å². The van der Waals surface area contributed by atoms with E-state index in [9.17, 15) is 8.42 Å². The number of sulfonamides is 1. The molecule has 1 unspecified atom stereocenters. The number of methoxy groups -OCH3 is 2. The molecule has 0 bridgehead atoms. The molecule has 0 heterocycles. The molecular formula is C24H29NO4S. The molecule has 30 heavy (non-hydrogen) atoms. The lowest BCUT2D eigenvalue weighted by molar-refractivity contribution is 0.406. The largest absolute Gasteiger partial charge is 0.497 e. The highest BCUT2D eigenvalue weighted by Crippen LogP contribution is 2.33. The summed E-state index contributed by atoms with van der Waals surface area (Å²) in [5.74, 6) is 1.83. The van der Waals surface area contributed by atoms with Crippen LogP contribution in [0.15, 0.2) is 53.4 Å². The Morgan fingerprint density at radius 1 is 0.833 bits per heavy atom. The molecule has 0 aliphatic carbocycles. The van der Waals surface area contributed by atoms with Crippen molar-refractivity contribution in [1.82, 2.24) is 4.72 Å². The van der Waals surface area contributed by atoms with Crippen LogP contribution in [0.2, 0.25) is 0 Å². The van der Waals surface area contributed by atoms with E-state index in [4.69, 9.17) is 9.47 Å². The molecule has 0 saturated heterocycles. The van der Waals surface area contributed by atoms with E-state index in [0.717, 1.165) is 39.0 Å². The molecule has 0 amide bonds. The molecule has 0 aromatic heterocycles. The highest BCUT2D eigenvalue weighted by Gasteiger charge is 2.21. The second kappa shape index (κ2) is 8.66. The summed E-state index contributed by atoms with van der Waals surface area (Å²) in [7, 11) is -0.430. The predicted octanol–water partition coefficient (Wildman–Crippen LogP) is 5.33. The summed E-state index contributed by atoms with van der Waals surface area (Å²) in [6.45, 7) is 8.02. The minimum Gasteiger partial charge on any atom is -0.497 e. The van der Waals surface area contributed by atoms with Gasteiger partial charge in [-0.2, -0.15) is 0 Å². The van der Waals surface area contributed by atoms with Gasteiger partial charge in [0.25, 0.3) is 0 Å². The van der Waals surface area contributed by atoms with Gasteiger partial charge in [-0.3, -0.25) is 0 Å². The van der Waals surface area contributed by atoms with E-state index < -0.39 is 10.0 Å². The van der Waals surface area contributed by atoms with Crippen LogP contribution in [-0.4, -0.2) is 22.6 Å². The molecule has 0 fully saturated rings. The van der Waals surface area contributed by atoms with Crippen molar-refractivity contribution in [1.29, 1.82) is 0 Å². The minimum atomic E-state index is -3.69. The van der Waals surface area contributed by atoms with Crippen LogP contribution in [0.1, 0.15) is 49.4 Å². The number of nitrogens with one attached hydrogen (secondary N) is 1. The summed E-state index contributed by atoms with van der Waals surface area (Å²) < 4.78 is 39.7. The van der Waals surface area contributed by atoms with Gasteiger partial charge in [0.1, 0.15) is 11.5 Å². The molecule has 0 spiro atoms. The lowest BCUT2D eigenvalue weighted by Gasteiger charge is -2.21. The number of ether oxygens (including phenoxy) is 2. The second-order valence-electron chi connectivity index (χ2n) is 7.82. The van der Waals surface area contributed by atoms with Gasteiger partial charge in [0.15, 0.2) is 0 Å². The molecule has 0 aliphatic heterocycles. The van der Waals surface area contributed by atoms with Crippen molar-refractivity contribution < 1.29 is 17.9 Å². The first kappa shape index (κ1) is 22.1. The van der Waals surface area contributed by atoms with Crippen LogP contribution >= 0.6 is 0 Å². The number of hydrogen-bond acceptors (Lipinski definition) is 4. The van der Waals surface area contributed by atoms with Crippen LogP contribution in [0, 0.1) is 6.92 Å². The van der Waals surface area contributed by atoms with E-state index in [0.29, 0.717) is 0 Å². The third-order valence-corrected chi connectivity index (χ3v) is 6.91. The van der Waals surface area contributed by atoms with E-state index in [2.05, 4.69) is 18.6 Å². The van der Waals surface area contributed by atoms with Crippen molar-refractivity contribution >= 4 is 20.8 Å². The van der Waals surface area contributed by atoms with Gasteiger partial charge >= 0.3 is 0 Å². The van der Waals surface area contributed by atoms with Crippen LogP contribution in [-0.2, 0) is 10.0 Å². The molecule has 6 heteroatoms. The van der Waals surface area contributed by atoms with Crippen LogP contribution in [0.25, 0.3) is 10.8 Å². The Kier molecular flexibility index (Phi) is 6.38. The lowest BCUT2D eigenvalue weighted by Crippen LogP contribution is -2.27. The number of rotatable bonds is 7. The normalized spacial score (nSPS) is 12.9. The number of aryl methyl sites for hydroxylation is 1. The molecule has 1 N–H and O–H groups in total. The summed E-state index contributed by atoms with van der Waals surface area (Å²) in [5.41, 5.74) is 2.98. The molecule has 1 atom stereocenters. The third kappa shape index (κ3) is 4.45. The first-order valence-electron chi connectivity index (χ1n) is 9.95. The standard InChI is InChI=1S/C24H29NO4S/c1-15(2)22-14-23(16(3)11-24(22)29-6)17(4)25-30(26,27)21-10-8-18-12-20(28-5)9-7-19(18)13-21/h7-15,17,25H,1-6H3. The number of hydrogen-bond donors (Lipinski definition) is 1. The summed E-state index contributed by atoms with van der Waals surface area (Å²) in [4.78, 5) is 0.238. The first-order valence-corrected chi connectivity index (χ1v) is 11.4. The summed E-state index contributed by atoms with van der Waals surface area (Å²) >= 11 is 0. The molecule has 160 valence electrons. The smallest absolute Gasteiger partial charge is 0.241 e. The van der Waals surface area contributed by atoms with E-state index in [1.807, 2.05) is 44.2 Å². The van der Waals surface area contributed by atoms with Crippen molar-refractivity contribution in [2.45, 2.75) is 44.6 Å². The van der Waals surface area contributed by atoms with Gasteiger partial charge in [-0.1, -0.05) is 26.0 Å². The maximum absolute atomic E-state index is 13.1. The first-order chi connectivity index (χ1) is 14.2. The average Bonchev–Trinajstić information content (AvgIpc) is 2.71. The Morgan fingerprint density at radius 3 is 2.13 bits per heavy atom. The Labute approximate surface area is 179 Å². The van der Waals surface area contributed by atoms with Gasteiger partial charge in [-0.15, -0.1) is 0 Å². The molecule has 3 aromatic rings. The monoisotopic (exact) mass is 427 g/mol. The third-order valence-electron chi connectivity index (χ3n) is 5.37. The quantitative estimate of drug-likeness (QED) is 0.554. The predicted molar refractivity (Wildman–Crippen MR) is 121 cm³/mol. The van der Waals surface area contributed by atoms with Gasteiger partial charge in [0.2, 0.25) is 10.0 Å². The Balaban J connectivity index is 1.93. The molecule has 0 aliphatic rings. The van der Waals surface area contributed by atoms with Crippen molar-refractivity contribution in [3.05, 3.63) is 65.2 Å². The van der Waals surface area contributed by atoms with Gasteiger partial charge in [-0.05, 0) is 83.6 Å².